The first kappa shape index (κ1) is 144. The van der Waals surface area contributed by atoms with Crippen LogP contribution in [-0.2, 0) is 95.3 Å². The van der Waals surface area contributed by atoms with Gasteiger partial charge in [0.15, 0.2) is 0 Å². The largest absolute Gasteiger partial charge is 0.463 e. The molecule has 3 saturated heterocycles. The van der Waals surface area contributed by atoms with Crippen LogP contribution in [-0.4, -0.2) is 120 Å². The van der Waals surface area contributed by atoms with Crippen molar-refractivity contribution in [3.05, 3.63) is 0 Å². The van der Waals surface area contributed by atoms with E-state index in [9.17, 15) is 47.9 Å². The highest BCUT2D eigenvalue weighted by molar-refractivity contribution is 5.84. The summed E-state index contributed by atoms with van der Waals surface area (Å²) in [5, 5.41) is 0. The maximum atomic E-state index is 12.3. The normalized spacial score (nSPS) is 21.3. The number of carbonyl (C=O) groups excluding carboxylic acids is 10. The number of carbonyl (C=O) groups is 10. The lowest BCUT2D eigenvalue weighted by molar-refractivity contribution is -0.183. The molecule has 7 atom stereocenters. The van der Waals surface area contributed by atoms with Gasteiger partial charge in [-0.05, 0) is 276 Å². The van der Waals surface area contributed by atoms with Gasteiger partial charge in [-0.25, -0.2) is 9.59 Å². The van der Waals surface area contributed by atoms with E-state index in [4.69, 9.17) is 47.4 Å². The molecule has 3 heterocycles. The van der Waals surface area contributed by atoms with E-state index in [1.54, 1.807) is 27.7 Å². The van der Waals surface area contributed by atoms with Gasteiger partial charge in [-0.3, -0.25) is 38.4 Å². The fourth-order valence-electron chi connectivity index (χ4n) is 14.4. The molecule has 748 valence electrons. The Morgan fingerprint density at radius 1 is 0.347 bits per heavy atom. The van der Waals surface area contributed by atoms with Gasteiger partial charge in [0.05, 0.1) is 57.0 Å². The van der Waals surface area contributed by atoms with E-state index in [1.807, 2.05) is 118 Å². The maximum Gasteiger partial charge on any atom is 0.347 e. The predicted octanol–water partition coefficient (Wildman–Crippen LogP) is 29.3. The van der Waals surface area contributed by atoms with Crippen molar-refractivity contribution in [1.82, 2.24) is 0 Å². The average Bonchev–Trinajstić information content (AvgIpc) is 1.57. The van der Waals surface area contributed by atoms with Gasteiger partial charge in [0.1, 0.15) is 34.6 Å². The Kier molecular flexibility index (Phi) is 69.7. The quantitative estimate of drug-likeness (QED) is 0.0642. The van der Waals surface area contributed by atoms with Crippen LogP contribution in [0.4, 0.5) is 0 Å². The Hall–Kier alpha value is -5.30. The van der Waals surface area contributed by atoms with Gasteiger partial charge in [-0.1, -0.05) is 208 Å². The van der Waals surface area contributed by atoms with Crippen molar-refractivity contribution >= 4 is 59.7 Å². The number of fused-ring (bicyclic) bond motifs is 1. The summed E-state index contributed by atoms with van der Waals surface area (Å²) in [7, 11) is 0. The zero-order valence-corrected chi connectivity index (χ0v) is 74.6. The summed E-state index contributed by atoms with van der Waals surface area (Å²) in [4.78, 5) is 117. The van der Waals surface area contributed by atoms with Gasteiger partial charge in [0.25, 0.3) is 0 Å². The van der Waals surface area contributed by atoms with Crippen molar-refractivity contribution in [3.63, 3.8) is 0 Å². The Labute approximate surface area is 768 Å². The Bertz CT molecular complexity index is 2900. The first-order valence-electron chi connectivity index (χ1n) is 42.8. The third-order valence-electron chi connectivity index (χ3n) is 27.1. The molecule has 0 aromatic carbocycles. The van der Waals surface area contributed by atoms with E-state index in [-0.39, 0.29) is 219 Å². The fourth-order valence-corrected chi connectivity index (χ4v) is 14.4. The van der Waals surface area contributed by atoms with Crippen LogP contribution in [0.15, 0.2) is 0 Å². The molecule has 0 radical (unpaired) electrons. The van der Waals surface area contributed by atoms with Crippen LogP contribution in [0.5, 0.6) is 0 Å². The third kappa shape index (κ3) is 38.4. The molecule has 6 saturated carbocycles. The van der Waals surface area contributed by atoms with Crippen molar-refractivity contribution in [2.75, 3.05) is 13.2 Å². The summed E-state index contributed by atoms with van der Waals surface area (Å²) >= 11 is 0. The van der Waals surface area contributed by atoms with Crippen molar-refractivity contribution < 1.29 is 95.3 Å². The smallest absolute Gasteiger partial charge is 0.347 e. The van der Waals surface area contributed by atoms with Crippen molar-refractivity contribution in [2.45, 2.75) is 531 Å². The van der Waals surface area contributed by atoms with Crippen LogP contribution < -0.4 is 0 Å². The lowest BCUT2D eigenvalue weighted by Crippen LogP contribution is -2.47. The zero-order valence-electron chi connectivity index (χ0n) is 74.6. The lowest BCUT2D eigenvalue weighted by atomic mass is 9.74. The van der Waals surface area contributed by atoms with Crippen molar-refractivity contribution in [3.8, 4) is 0 Å². The van der Waals surface area contributed by atoms with E-state index in [0.29, 0.717) is 62.6 Å². The molecule has 9 aliphatic rings. The molecule has 124 heavy (non-hydrogen) atoms. The zero-order chi connectivity index (χ0) is 84.3. The molecule has 7 unspecified atom stereocenters. The molecule has 0 aromatic heterocycles. The third-order valence-corrected chi connectivity index (χ3v) is 27.1. The Morgan fingerprint density at radius 2 is 0.613 bits per heavy atom. The topological polar surface area (TPSA) is 263 Å². The minimum Gasteiger partial charge on any atom is -0.463 e. The van der Waals surface area contributed by atoms with E-state index < -0.39 is 40.4 Å². The van der Waals surface area contributed by atoms with Gasteiger partial charge in [0.2, 0.25) is 12.2 Å². The van der Waals surface area contributed by atoms with E-state index in [2.05, 4.69) is 55.4 Å². The number of cyclic esters (lactones) is 2. The second-order valence-corrected chi connectivity index (χ2v) is 39.2. The average molecular weight is 1780 g/mol. The van der Waals surface area contributed by atoms with Crippen molar-refractivity contribution in [1.29, 1.82) is 0 Å². The first-order chi connectivity index (χ1) is 50.7. The highest BCUT2D eigenvalue weighted by atomic mass is 16.6. The summed E-state index contributed by atoms with van der Waals surface area (Å²) in [5.41, 5.74) is -3.58. The standard InChI is InChI=1S/C15H28O2.C14H20O4.2C14H26O2.C13H24O2.2C10H16O4.14CH4/c1-7-14(5,6)12(16)17-15(13(2,3)4)10-8-9-11-15;1-4-14(2,3)13(16)18-10-7-5-8-9(6-7)12(15)17-11(8)10;2*1-6-13(4,5)12(15)16-14(11(2)3)9-7-8-10-14;1-5-12(3,4)11(14)15-13(6-2)9-7-8-10-13;2*1-4-10(2,3)9(12)14-7-5-6-13-8(7)11;;;;;;;;;;;;;;/h7-11H2,1-6H3;7-11H,4-6H2,1-3H3;2*11H,6-10H2,1-5H3;5-10H2,1-4H3;2*7H,4-6H2,1-3H3;14*1H4. The van der Waals surface area contributed by atoms with Gasteiger partial charge in [-0.15, -0.1) is 0 Å². The molecule has 6 aliphatic carbocycles. The molecule has 2 bridgehead atoms. The maximum absolute atomic E-state index is 12.3. The first-order valence-corrected chi connectivity index (χ1v) is 42.8. The van der Waals surface area contributed by atoms with Crippen molar-refractivity contribution in [2.24, 2.45) is 72.9 Å². The number of hydrogen-bond acceptors (Lipinski definition) is 20. The minimum atomic E-state index is -0.687. The summed E-state index contributed by atoms with van der Waals surface area (Å²) in [6.07, 6.45) is 25.3. The van der Waals surface area contributed by atoms with Gasteiger partial charge < -0.3 is 47.4 Å². The SMILES string of the molecule is C.C.C.C.C.C.C.C.C.C.C.C.C.C.CCC(C)(C)C(=O)OC1(C(C)(C)C)CCCC1.CCC(C)(C)C(=O)OC1(C(C)C)CCCC1.CCC(C)(C)C(=O)OC1(C(C)C)CCCC1.CCC(C)(C)C(=O)OC1C2CC3C(=O)OC1C3C2.CCC(C)(C)C(=O)OC1CCOC1=O.CCC(C)(C)C(=O)OC1CCOC1=O.CCC1(OC(=O)C(C)(C)CC)CCCC1. The molecule has 3 aliphatic heterocycles. The summed E-state index contributed by atoms with van der Waals surface area (Å²) in [5.74, 6) is -0.307. The number of ether oxygens (including phenoxy) is 10. The highest BCUT2D eigenvalue weighted by Gasteiger charge is 2.64. The monoisotopic (exact) mass is 1780 g/mol. The molecule has 20 heteroatoms. The number of rotatable bonds is 24. The van der Waals surface area contributed by atoms with Gasteiger partial charge >= 0.3 is 59.7 Å². The van der Waals surface area contributed by atoms with Crippen LogP contribution in [0.1, 0.15) is 485 Å². The molecule has 9 rings (SSSR count). The second-order valence-electron chi connectivity index (χ2n) is 39.2. The number of esters is 10. The predicted molar refractivity (Wildman–Crippen MR) is 522 cm³/mol. The Balaban J connectivity index is -0.000000116. The van der Waals surface area contributed by atoms with E-state index in [1.165, 1.54) is 51.4 Å². The summed E-state index contributed by atoms with van der Waals surface area (Å²) in [6.45, 7) is 58.7. The molecule has 20 nitrogen and oxygen atoms in total. The minimum absolute atomic E-state index is 0. The van der Waals surface area contributed by atoms with Crippen LogP contribution in [0, 0.1) is 72.9 Å². The summed E-state index contributed by atoms with van der Waals surface area (Å²) < 4.78 is 54.1. The Morgan fingerprint density at radius 3 is 0.879 bits per heavy atom. The molecule has 0 N–H and O–H groups in total. The fraction of sp³-hybridized carbons (Fsp3) is 0.904. The number of hydrogen-bond donors (Lipinski definition) is 0. The second kappa shape index (κ2) is 59.8. The highest BCUT2D eigenvalue weighted by Crippen LogP contribution is 2.56. The molecule has 0 amide bonds. The molecule has 9 fully saturated rings. The van der Waals surface area contributed by atoms with Crippen LogP contribution in [0.25, 0.3) is 0 Å². The lowest BCUT2D eigenvalue weighted by Gasteiger charge is -2.42. The van der Waals surface area contributed by atoms with Gasteiger partial charge in [-0.2, -0.15) is 0 Å². The molecular weight excluding hydrogens is 1570 g/mol. The molecular formula is C104H212O20. The molecule has 0 aromatic rings. The van der Waals surface area contributed by atoms with E-state index >= 15 is 0 Å². The van der Waals surface area contributed by atoms with Crippen LogP contribution >= 0.6 is 0 Å². The molecule has 0 spiro atoms. The van der Waals surface area contributed by atoms with Gasteiger partial charge in [0, 0.05) is 30.1 Å². The summed E-state index contributed by atoms with van der Waals surface area (Å²) in [6, 6.07) is 0. The van der Waals surface area contributed by atoms with Crippen LogP contribution in [0.3, 0.4) is 0 Å². The van der Waals surface area contributed by atoms with Crippen LogP contribution in [0.2, 0.25) is 0 Å². The van der Waals surface area contributed by atoms with E-state index in [0.717, 1.165) is 103 Å².